The predicted octanol–water partition coefficient (Wildman–Crippen LogP) is 3.76. The highest BCUT2D eigenvalue weighted by Crippen LogP contribution is 2.29. The third kappa shape index (κ3) is 5.46. The van der Waals surface area contributed by atoms with E-state index in [2.05, 4.69) is 5.32 Å². The summed E-state index contributed by atoms with van der Waals surface area (Å²) in [5, 5.41) is 2.67. The maximum atomic E-state index is 12.9. The first-order chi connectivity index (χ1) is 13.7. The van der Waals surface area contributed by atoms with Crippen LogP contribution in [0.2, 0.25) is 0 Å². The van der Waals surface area contributed by atoms with Crippen LogP contribution in [0.5, 0.6) is 0 Å². The number of hydrogen-bond acceptors (Lipinski definition) is 2. The molecule has 1 aliphatic rings. The molecular weight excluding hydrogens is 390 g/mol. The number of nitrogens with one attached hydrogen (secondary N) is 1. The van der Waals surface area contributed by atoms with E-state index < -0.39 is 17.6 Å². The van der Waals surface area contributed by atoms with Gasteiger partial charge in [0.05, 0.1) is 12.0 Å². The number of alkyl halides is 3. The second-order valence-electron chi connectivity index (χ2n) is 6.68. The zero-order chi connectivity index (χ0) is 21.0. The summed E-state index contributed by atoms with van der Waals surface area (Å²) in [4.78, 5) is 27.8. The summed E-state index contributed by atoms with van der Waals surface area (Å²) in [7, 11) is 0. The highest BCUT2D eigenvalue weighted by molar-refractivity contribution is 5.89. The van der Waals surface area contributed by atoms with Crippen molar-refractivity contribution >= 4 is 17.6 Å². The number of benzene rings is 2. The number of anilines is 1. The van der Waals surface area contributed by atoms with Crippen LogP contribution in [0, 0.1) is 5.82 Å². The van der Waals surface area contributed by atoms with E-state index in [1.54, 1.807) is 9.80 Å². The van der Waals surface area contributed by atoms with Gasteiger partial charge in [0.15, 0.2) is 0 Å². The van der Waals surface area contributed by atoms with E-state index >= 15 is 0 Å². The van der Waals surface area contributed by atoms with Crippen LogP contribution >= 0.6 is 0 Å². The minimum Gasteiger partial charge on any atom is -0.339 e. The van der Waals surface area contributed by atoms with Gasteiger partial charge in [-0.1, -0.05) is 12.1 Å². The first-order valence-electron chi connectivity index (χ1n) is 8.98. The van der Waals surface area contributed by atoms with Crippen molar-refractivity contribution in [3.8, 4) is 0 Å². The average molecular weight is 409 g/mol. The maximum Gasteiger partial charge on any atom is 0.416 e. The fraction of sp³-hybridized carbons (Fsp3) is 0.300. The Hall–Kier alpha value is -3.10. The highest BCUT2D eigenvalue weighted by Gasteiger charge is 2.30. The zero-order valence-electron chi connectivity index (χ0n) is 15.4. The Bertz CT molecular complexity index is 859. The van der Waals surface area contributed by atoms with Gasteiger partial charge in [-0.05, 0) is 42.0 Å². The van der Waals surface area contributed by atoms with Gasteiger partial charge in [0, 0.05) is 31.9 Å². The number of halogens is 4. The van der Waals surface area contributed by atoms with Crippen molar-refractivity contribution in [2.75, 3.05) is 31.5 Å². The standard InChI is InChI=1S/C20H19F4N3O2/c21-16-5-7-17(8-6-16)25-19(29)27-11-9-26(10-12-27)18(28)13-14-1-3-15(4-2-14)20(22,23)24/h1-8H,9-13H2,(H,25,29). The molecule has 1 heterocycles. The molecule has 3 amide bonds. The van der Waals surface area contributed by atoms with E-state index in [1.807, 2.05) is 0 Å². The van der Waals surface area contributed by atoms with E-state index in [0.717, 1.165) is 12.1 Å². The van der Waals surface area contributed by atoms with Gasteiger partial charge in [0.2, 0.25) is 5.91 Å². The van der Waals surface area contributed by atoms with Gasteiger partial charge in [-0.2, -0.15) is 13.2 Å². The first kappa shape index (κ1) is 20.6. The van der Waals surface area contributed by atoms with Crippen LogP contribution in [-0.2, 0) is 17.4 Å². The Morgan fingerprint density at radius 3 is 1.97 bits per heavy atom. The summed E-state index contributed by atoms with van der Waals surface area (Å²) in [6.07, 6.45) is -4.41. The van der Waals surface area contributed by atoms with Crippen molar-refractivity contribution in [2.24, 2.45) is 0 Å². The van der Waals surface area contributed by atoms with E-state index in [1.165, 1.54) is 36.4 Å². The van der Waals surface area contributed by atoms with Gasteiger partial charge in [0.1, 0.15) is 5.82 Å². The van der Waals surface area contributed by atoms with Crippen molar-refractivity contribution in [1.82, 2.24) is 9.80 Å². The minimum absolute atomic E-state index is 0.0000863. The predicted molar refractivity (Wildman–Crippen MR) is 98.7 cm³/mol. The van der Waals surface area contributed by atoms with Crippen LogP contribution in [0.25, 0.3) is 0 Å². The number of carbonyl (C=O) groups is 2. The van der Waals surface area contributed by atoms with Crippen LogP contribution < -0.4 is 5.32 Å². The summed E-state index contributed by atoms with van der Waals surface area (Å²) >= 11 is 0. The molecule has 5 nitrogen and oxygen atoms in total. The third-order valence-electron chi connectivity index (χ3n) is 4.65. The molecule has 9 heteroatoms. The Balaban J connectivity index is 1.49. The SMILES string of the molecule is O=C(Cc1ccc(C(F)(F)F)cc1)N1CCN(C(=O)Nc2ccc(F)cc2)CC1. The fourth-order valence-electron chi connectivity index (χ4n) is 2.99. The molecule has 1 fully saturated rings. The number of urea groups is 1. The number of carbonyl (C=O) groups excluding carboxylic acids is 2. The van der Waals surface area contributed by atoms with E-state index in [0.29, 0.717) is 37.4 Å². The monoisotopic (exact) mass is 409 g/mol. The quantitative estimate of drug-likeness (QED) is 0.785. The van der Waals surface area contributed by atoms with Crippen LogP contribution in [0.3, 0.4) is 0 Å². The van der Waals surface area contributed by atoms with Crippen LogP contribution in [0.1, 0.15) is 11.1 Å². The normalized spacial score (nSPS) is 14.6. The summed E-state index contributed by atoms with van der Waals surface area (Å²) in [6.45, 7) is 1.31. The number of rotatable bonds is 3. The Morgan fingerprint density at radius 1 is 0.862 bits per heavy atom. The molecule has 3 rings (SSSR count). The molecule has 2 aromatic carbocycles. The molecule has 0 aliphatic carbocycles. The minimum atomic E-state index is -4.41. The van der Waals surface area contributed by atoms with Gasteiger partial charge < -0.3 is 15.1 Å². The van der Waals surface area contributed by atoms with Crippen molar-refractivity contribution in [3.63, 3.8) is 0 Å². The van der Waals surface area contributed by atoms with Crippen molar-refractivity contribution in [3.05, 3.63) is 65.5 Å². The number of piperazine rings is 1. The highest BCUT2D eigenvalue weighted by atomic mass is 19.4. The molecular formula is C20H19F4N3O2. The third-order valence-corrected chi connectivity index (χ3v) is 4.65. The van der Waals surface area contributed by atoms with Crippen molar-refractivity contribution in [2.45, 2.75) is 12.6 Å². The lowest BCUT2D eigenvalue weighted by Crippen LogP contribution is -2.52. The maximum absolute atomic E-state index is 12.9. The number of nitrogens with zero attached hydrogens (tertiary/aromatic N) is 2. The fourth-order valence-corrected chi connectivity index (χ4v) is 2.99. The summed E-state index contributed by atoms with van der Waals surface area (Å²) in [5.41, 5.74) is 0.214. The summed E-state index contributed by atoms with van der Waals surface area (Å²) in [5.74, 6) is -0.605. The second kappa shape index (κ2) is 8.50. The zero-order valence-corrected chi connectivity index (χ0v) is 15.4. The van der Waals surface area contributed by atoms with Crippen LogP contribution in [0.4, 0.5) is 28.0 Å². The lowest BCUT2D eigenvalue weighted by molar-refractivity contribution is -0.137. The molecule has 0 radical (unpaired) electrons. The Labute approximate surface area is 164 Å². The molecule has 0 atom stereocenters. The van der Waals surface area contributed by atoms with Crippen molar-refractivity contribution < 1.29 is 27.2 Å². The summed E-state index contributed by atoms with van der Waals surface area (Å²) < 4.78 is 50.7. The van der Waals surface area contributed by atoms with Crippen LogP contribution in [0.15, 0.2) is 48.5 Å². The summed E-state index contributed by atoms with van der Waals surface area (Å²) in [6, 6.07) is 9.57. The lowest BCUT2D eigenvalue weighted by Gasteiger charge is -2.34. The molecule has 29 heavy (non-hydrogen) atoms. The second-order valence-corrected chi connectivity index (χ2v) is 6.68. The van der Waals surface area contributed by atoms with Crippen molar-refractivity contribution in [1.29, 1.82) is 0 Å². The average Bonchev–Trinajstić information content (AvgIpc) is 2.69. The molecule has 1 aliphatic heterocycles. The van der Waals surface area contributed by atoms with Gasteiger partial charge in [-0.3, -0.25) is 4.79 Å². The van der Waals surface area contributed by atoms with Gasteiger partial charge in [0.25, 0.3) is 0 Å². The van der Waals surface area contributed by atoms with E-state index in [-0.39, 0.29) is 18.4 Å². The number of amides is 3. The van der Waals surface area contributed by atoms with Crippen LogP contribution in [-0.4, -0.2) is 47.9 Å². The molecule has 0 bridgehead atoms. The molecule has 1 N–H and O–H groups in total. The molecule has 154 valence electrons. The van der Waals surface area contributed by atoms with Gasteiger partial charge in [-0.15, -0.1) is 0 Å². The smallest absolute Gasteiger partial charge is 0.339 e. The largest absolute Gasteiger partial charge is 0.416 e. The topological polar surface area (TPSA) is 52.7 Å². The Morgan fingerprint density at radius 2 is 1.41 bits per heavy atom. The molecule has 0 aromatic heterocycles. The van der Waals surface area contributed by atoms with Gasteiger partial charge >= 0.3 is 12.2 Å². The molecule has 0 spiro atoms. The number of hydrogen-bond donors (Lipinski definition) is 1. The van der Waals surface area contributed by atoms with Gasteiger partial charge in [-0.25, -0.2) is 9.18 Å². The molecule has 0 unspecified atom stereocenters. The first-order valence-corrected chi connectivity index (χ1v) is 8.98. The molecule has 1 saturated heterocycles. The molecule has 2 aromatic rings. The van der Waals surface area contributed by atoms with E-state index in [4.69, 9.17) is 0 Å². The van der Waals surface area contributed by atoms with E-state index in [9.17, 15) is 27.2 Å². The molecule has 0 saturated carbocycles. The Kier molecular flexibility index (Phi) is 6.05. The lowest BCUT2D eigenvalue weighted by atomic mass is 10.1.